The van der Waals surface area contributed by atoms with Crippen LogP contribution in [-0.4, -0.2) is 21.0 Å². The SMILES string of the molecule is O=C(O)c1cccc2nc(-c3ccc(-c4ccc(F)cc4F)cc3F)[nH]c12. The van der Waals surface area contributed by atoms with Crippen LogP contribution in [0.25, 0.3) is 33.5 Å². The van der Waals surface area contributed by atoms with E-state index in [2.05, 4.69) is 9.97 Å². The number of halogens is 3. The van der Waals surface area contributed by atoms with E-state index in [-0.39, 0.29) is 33.6 Å². The number of aromatic amines is 1. The summed E-state index contributed by atoms with van der Waals surface area (Å²) in [4.78, 5) is 18.4. The van der Waals surface area contributed by atoms with E-state index in [1.54, 1.807) is 12.1 Å². The van der Waals surface area contributed by atoms with Gasteiger partial charge in [0, 0.05) is 11.6 Å². The third kappa shape index (κ3) is 2.93. The number of imidazole rings is 1. The number of hydrogen-bond donors (Lipinski definition) is 2. The molecule has 27 heavy (non-hydrogen) atoms. The minimum Gasteiger partial charge on any atom is -0.478 e. The second-order valence-corrected chi connectivity index (χ2v) is 5.91. The molecule has 0 aliphatic carbocycles. The minimum absolute atomic E-state index is 0.0247. The maximum Gasteiger partial charge on any atom is 0.337 e. The van der Waals surface area contributed by atoms with E-state index in [9.17, 15) is 23.1 Å². The molecule has 0 radical (unpaired) electrons. The van der Waals surface area contributed by atoms with Crippen molar-refractivity contribution in [3.8, 4) is 22.5 Å². The normalized spacial score (nSPS) is 11.1. The molecule has 4 rings (SSSR count). The topological polar surface area (TPSA) is 66.0 Å². The van der Waals surface area contributed by atoms with Gasteiger partial charge in [-0.3, -0.25) is 0 Å². The van der Waals surface area contributed by atoms with E-state index >= 15 is 0 Å². The Labute approximate surface area is 150 Å². The number of rotatable bonds is 3. The molecule has 1 heterocycles. The smallest absolute Gasteiger partial charge is 0.337 e. The molecule has 4 aromatic rings. The van der Waals surface area contributed by atoms with Crippen LogP contribution in [0.2, 0.25) is 0 Å². The van der Waals surface area contributed by atoms with Crippen LogP contribution in [0.5, 0.6) is 0 Å². The lowest BCUT2D eigenvalue weighted by atomic mass is 10.0. The van der Waals surface area contributed by atoms with E-state index in [0.717, 1.165) is 18.2 Å². The molecule has 4 nitrogen and oxygen atoms in total. The Morgan fingerprint density at radius 1 is 0.926 bits per heavy atom. The fourth-order valence-electron chi connectivity index (χ4n) is 2.94. The number of hydrogen-bond acceptors (Lipinski definition) is 2. The van der Waals surface area contributed by atoms with Crippen LogP contribution in [0, 0.1) is 17.5 Å². The zero-order valence-corrected chi connectivity index (χ0v) is 13.6. The van der Waals surface area contributed by atoms with Crippen LogP contribution in [0.15, 0.2) is 54.6 Å². The van der Waals surface area contributed by atoms with Gasteiger partial charge < -0.3 is 10.1 Å². The second-order valence-electron chi connectivity index (χ2n) is 5.91. The van der Waals surface area contributed by atoms with Gasteiger partial charge in [-0.1, -0.05) is 12.1 Å². The summed E-state index contributed by atoms with van der Waals surface area (Å²) >= 11 is 0. The summed E-state index contributed by atoms with van der Waals surface area (Å²) in [5, 5.41) is 9.24. The summed E-state index contributed by atoms with van der Waals surface area (Å²) < 4.78 is 41.6. The fourth-order valence-corrected chi connectivity index (χ4v) is 2.94. The number of aromatic carboxylic acids is 1. The summed E-state index contributed by atoms with van der Waals surface area (Å²) in [6.45, 7) is 0. The fraction of sp³-hybridized carbons (Fsp3) is 0. The highest BCUT2D eigenvalue weighted by molar-refractivity contribution is 6.01. The Kier molecular flexibility index (Phi) is 3.92. The first-order valence-electron chi connectivity index (χ1n) is 7.91. The Hall–Kier alpha value is -3.61. The first-order chi connectivity index (χ1) is 12.9. The highest BCUT2D eigenvalue weighted by Gasteiger charge is 2.16. The number of carboxylic acid groups (broad SMARTS) is 1. The number of benzene rings is 3. The molecule has 0 aliphatic rings. The molecule has 7 heteroatoms. The molecule has 0 unspecified atom stereocenters. The monoisotopic (exact) mass is 368 g/mol. The van der Waals surface area contributed by atoms with Gasteiger partial charge in [-0.05, 0) is 42.0 Å². The Bertz CT molecular complexity index is 1200. The van der Waals surface area contributed by atoms with Crippen molar-refractivity contribution >= 4 is 17.0 Å². The van der Waals surface area contributed by atoms with Gasteiger partial charge in [0.05, 0.1) is 22.2 Å². The molecular weight excluding hydrogens is 357 g/mol. The molecular formula is C20H11F3N2O2. The zero-order chi connectivity index (χ0) is 19.1. The number of H-pyrrole nitrogens is 1. The summed E-state index contributed by atoms with van der Waals surface area (Å²) in [5.41, 5.74) is 1.12. The highest BCUT2D eigenvalue weighted by atomic mass is 19.1. The summed E-state index contributed by atoms with van der Waals surface area (Å²) in [6, 6.07) is 11.7. The van der Waals surface area contributed by atoms with Crippen LogP contribution in [0.1, 0.15) is 10.4 Å². The lowest BCUT2D eigenvalue weighted by Crippen LogP contribution is -1.96. The van der Waals surface area contributed by atoms with Gasteiger partial charge in [0.1, 0.15) is 23.3 Å². The lowest BCUT2D eigenvalue weighted by Gasteiger charge is -2.06. The van der Waals surface area contributed by atoms with Gasteiger partial charge in [0.25, 0.3) is 0 Å². The summed E-state index contributed by atoms with van der Waals surface area (Å²) in [7, 11) is 0. The van der Waals surface area contributed by atoms with Gasteiger partial charge in [0.2, 0.25) is 0 Å². The number of carboxylic acids is 1. The second kappa shape index (κ2) is 6.28. The molecule has 0 amide bonds. The number of nitrogens with one attached hydrogen (secondary N) is 1. The van der Waals surface area contributed by atoms with Crippen LogP contribution >= 0.6 is 0 Å². The van der Waals surface area contributed by atoms with Crippen molar-refractivity contribution in [2.45, 2.75) is 0 Å². The average Bonchev–Trinajstić information content (AvgIpc) is 3.05. The first-order valence-corrected chi connectivity index (χ1v) is 7.91. The predicted molar refractivity (Wildman–Crippen MR) is 93.8 cm³/mol. The molecule has 3 aromatic carbocycles. The largest absolute Gasteiger partial charge is 0.478 e. The third-order valence-electron chi connectivity index (χ3n) is 4.21. The molecule has 0 saturated carbocycles. The van der Waals surface area contributed by atoms with Crippen LogP contribution in [0.4, 0.5) is 13.2 Å². The Balaban J connectivity index is 1.80. The van der Waals surface area contributed by atoms with E-state index in [1.807, 2.05) is 0 Å². The van der Waals surface area contributed by atoms with Gasteiger partial charge in [-0.2, -0.15) is 0 Å². The van der Waals surface area contributed by atoms with E-state index in [1.165, 1.54) is 24.3 Å². The quantitative estimate of drug-likeness (QED) is 0.534. The van der Waals surface area contributed by atoms with Crippen LogP contribution in [0.3, 0.4) is 0 Å². The third-order valence-corrected chi connectivity index (χ3v) is 4.21. The molecule has 134 valence electrons. The van der Waals surface area contributed by atoms with Crippen molar-refractivity contribution in [2.75, 3.05) is 0 Å². The molecule has 0 saturated heterocycles. The zero-order valence-electron chi connectivity index (χ0n) is 13.6. The van der Waals surface area contributed by atoms with Crippen molar-refractivity contribution in [3.05, 3.63) is 77.6 Å². The van der Waals surface area contributed by atoms with Gasteiger partial charge >= 0.3 is 5.97 Å². The van der Waals surface area contributed by atoms with Crippen LogP contribution < -0.4 is 0 Å². The van der Waals surface area contributed by atoms with Crippen molar-refractivity contribution in [1.29, 1.82) is 0 Å². The van der Waals surface area contributed by atoms with Crippen molar-refractivity contribution in [2.24, 2.45) is 0 Å². The first kappa shape index (κ1) is 16.8. The molecule has 0 bridgehead atoms. The molecule has 0 fully saturated rings. The number of aromatic nitrogens is 2. The number of para-hydroxylation sites is 1. The number of carbonyl (C=O) groups is 1. The van der Waals surface area contributed by atoms with Crippen molar-refractivity contribution in [3.63, 3.8) is 0 Å². The summed E-state index contributed by atoms with van der Waals surface area (Å²) in [5.74, 6) is -3.16. The van der Waals surface area contributed by atoms with E-state index < -0.39 is 23.4 Å². The standard InChI is InChI=1S/C20H11F3N2O2/c21-11-5-7-12(16(23)9-11)10-4-6-13(15(22)8-10)19-24-17-3-1-2-14(20(26)27)18(17)25-19/h1-9H,(H,24,25)(H,26,27). The summed E-state index contributed by atoms with van der Waals surface area (Å²) in [6.07, 6.45) is 0. The average molecular weight is 368 g/mol. The molecule has 0 atom stereocenters. The highest BCUT2D eigenvalue weighted by Crippen LogP contribution is 2.30. The van der Waals surface area contributed by atoms with Crippen molar-refractivity contribution in [1.82, 2.24) is 9.97 Å². The number of fused-ring (bicyclic) bond motifs is 1. The Morgan fingerprint density at radius 2 is 1.67 bits per heavy atom. The van der Waals surface area contributed by atoms with Gasteiger partial charge in [-0.15, -0.1) is 0 Å². The van der Waals surface area contributed by atoms with Gasteiger partial charge in [0.15, 0.2) is 0 Å². The Morgan fingerprint density at radius 3 is 2.37 bits per heavy atom. The van der Waals surface area contributed by atoms with Crippen molar-refractivity contribution < 1.29 is 23.1 Å². The molecule has 0 aliphatic heterocycles. The number of nitrogens with zero attached hydrogens (tertiary/aromatic N) is 1. The predicted octanol–water partition coefficient (Wildman–Crippen LogP) is 5.01. The molecule has 0 spiro atoms. The minimum atomic E-state index is -1.13. The van der Waals surface area contributed by atoms with Crippen LogP contribution in [-0.2, 0) is 0 Å². The maximum absolute atomic E-state index is 14.6. The molecule has 2 N–H and O–H groups in total. The lowest BCUT2D eigenvalue weighted by molar-refractivity contribution is 0.0699. The molecule has 1 aromatic heterocycles. The van der Waals surface area contributed by atoms with Gasteiger partial charge in [-0.25, -0.2) is 22.9 Å². The van der Waals surface area contributed by atoms with E-state index in [4.69, 9.17) is 0 Å². The van der Waals surface area contributed by atoms with E-state index in [0.29, 0.717) is 5.52 Å². The maximum atomic E-state index is 14.6.